The first-order chi connectivity index (χ1) is 14.9. The van der Waals surface area contributed by atoms with Gasteiger partial charge in [-0.05, 0) is 62.6 Å². The summed E-state index contributed by atoms with van der Waals surface area (Å²) >= 11 is 1.49. The van der Waals surface area contributed by atoms with Crippen LogP contribution in [0.25, 0.3) is 6.08 Å². The van der Waals surface area contributed by atoms with E-state index in [-0.39, 0.29) is 23.6 Å². The topological polar surface area (TPSA) is 67.4 Å². The monoisotopic (exact) mass is 434 g/mol. The van der Waals surface area contributed by atoms with Gasteiger partial charge in [0, 0.05) is 10.4 Å². The fraction of sp³-hybridized carbons (Fsp3) is 0.200. The standard InChI is InChI=1S/C25H26N2O3S/c1-17-6-10-20(11-7-17)24(28)27-23(15-22-5-4-14-31-22)25(29)26-19(3)16-30-21-12-8-18(2)9-13-21/h4-15,19H,16H2,1-3H3,(H,26,29)(H,27,28)/b23-15-/t19-/m1/s1. The molecule has 0 unspecified atom stereocenters. The molecule has 3 rings (SSSR count). The van der Waals surface area contributed by atoms with Gasteiger partial charge < -0.3 is 15.4 Å². The molecule has 6 heteroatoms. The van der Waals surface area contributed by atoms with Gasteiger partial charge in [-0.3, -0.25) is 9.59 Å². The third-order valence-corrected chi connectivity index (χ3v) is 5.35. The second-order valence-electron chi connectivity index (χ2n) is 7.39. The minimum atomic E-state index is -0.367. The molecule has 2 N–H and O–H groups in total. The summed E-state index contributed by atoms with van der Waals surface area (Å²) in [4.78, 5) is 26.5. The second kappa shape index (κ2) is 10.6. The summed E-state index contributed by atoms with van der Waals surface area (Å²) in [5, 5.41) is 7.57. The van der Waals surface area contributed by atoms with E-state index in [1.807, 2.05) is 74.7 Å². The van der Waals surface area contributed by atoms with Crippen molar-refractivity contribution in [2.24, 2.45) is 0 Å². The fourth-order valence-corrected chi connectivity index (χ4v) is 3.43. The van der Waals surface area contributed by atoms with Crippen LogP contribution < -0.4 is 15.4 Å². The maximum Gasteiger partial charge on any atom is 0.268 e. The Balaban J connectivity index is 1.66. The number of ether oxygens (including phenoxy) is 1. The molecule has 0 spiro atoms. The van der Waals surface area contributed by atoms with Gasteiger partial charge in [0.15, 0.2) is 0 Å². The van der Waals surface area contributed by atoms with E-state index in [2.05, 4.69) is 10.6 Å². The summed E-state index contributed by atoms with van der Waals surface area (Å²) in [5.74, 6) is 0.0455. The highest BCUT2D eigenvalue weighted by Gasteiger charge is 2.17. The smallest absolute Gasteiger partial charge is 0.268 e. The number of hydrogen-bond acceptors (Lipinski definition) is 4. The summed E-state index contributed by atoms with van der Waals surface area (Å²) in [6, 6.07) is 18.5. The van der Waals surface area contributed by atoms with Crippen LogP contribution in [0, 0.1) is 13.8 Å². The number of hydrogen-bond donors (Lipinski definition) is 2. The predicted octanol–water partition coefficient (Wildman–Crippen LogP) is 4.72. The van der Waals surface area contributed by atoms with Crippen molar-refractivity contribution in [2.75, 3.05) is 6.61 Å². The molecule has 160 valence electrons. The molecule has 2 amide bonds. The average molecular weight is 435 g/mol. The Kier molecular flexibility index (Phi) is 7.62. The van der Waals surface area contributed by atoms with Crippen LogP contribution in [0.2, 0.25) is 0 Å². The van der Waals surface area contributed by atoms with Gasteiger partial charge >= 0.3 is 0 Å². The maximum absolute atomic E-state index is 12.9. The second-order valence-corrected chi connectivity index (χ2v) is 8.37. The molecule has 1 heterocycles. The Morgan fingerprint density at radius 2 is 1.65 bits per heavy atom. The highest BCUT2D eigenvalue weighted by atomic mass is 32.1. The molecule has 0 bridgehead atoms. The van der Waals surface area contributed by atoms with Crippen LogP contribution in [-0.4, -0.2) is 24.5 Å². The van der Waals surface area contributed by atoms with Crippen molar-refractivity contribution in [3.8, 4) is 5.75 Å². The molecular formula is C25H26N2O3S. The van der Waals surface area contributed by atoms with Crippen LogP contribution >= 0.6 is 11.3 Å². The molecule has 31 heavy (non-hydrogen) atoms. The third kappa shape index (κ3) is 6.83. The van der Waals surface area contributed by atoms with Gasteiger partial charge in [-0.25, -0.2) is 0 Å². The SMILES string of the molecule is Cc1ccc(OC[C@@H](C)NC(=O)/C(=C/c2cccs2)NC(=O)c2ccc(C)cc2)cc1. The molecule has 0 aliphatic heterocycles. The summed E-state index contributed by atoms with van der Waals surface area (Å²) in [5.41, 5.74) is 2.90. The van der Waals surface area contributed by atoms with E-state index in [0.717, 1.165) is 21.8 Å². The van der Waals surface area contributed by atoms with E-state index < -0.39 is 0 Å². The van der Waals surface area contributed by atoms with E-state index in [1.54, 1.807) is 18.2 Å². The van der Waals surface area contributed by atoms with Crippen molar-refractivity contribution in [1.82, 2.24) is 10.6 Å². The first-order valence-corrected chi connectivity index (χ1v) is 10.9. The van der Waals surface area contributed by atoms with E-state index in [4.69, 9.17) is 4.74 Å². The number of nitrogens with one attached hydrogen (secondary N) is 2. The number of rotatable bonds is 8. The van der Waals surface area contributed by atoms with Crippen LogP contribution in [0.3, 0.4) is 0 Å². The Morgan fingerprint density at radius 3 is 2.26 bits per heavy atom. The zero-order valence-electron chi connectivity index (χ0n) is 17.8. The van der Waals surface area contributed by atoms with Crippen molar-refractivity contribution in [3.05, 3.63) is 93.3 Å². The maximum atomic E-state index is 12.9. The number of amides is 2. The molecule has 1 atom stereocenters. The van der Waals surface area contributed by atoms with Gasteiger partial charge in [0.1, 0.15) is 18.1 Å². The number of carbonyl (C=O) groups excluding carboxylic acids is 2. The van der Waals surface area contributed by atoms with Crippen molar-refractivity contribution in [2.45, 2.75) is 26.8 Å². The Labute approximate surface area is 186 Å². The lowest BCUT2D eigenvalue weighted by molar-refractivity contribution is -0.118. The van der Waals surface area contributed by atoms with Gasteiger partial charge in [0.05, 0.1) is 6.04 Å². The zero-order valence-corrected chi connectivity index (χ0v) is 18.7. The minimum absolute atomic E-state index is 0.190. The van der Waals surface area contributed by atoms with Gasteiger partial charge in [-0.1, -0.05) is 41.5 Å². The lowest BCUT2D eigenvalue weighted by atomic mass is 10.1. The predicted molar refractivity (Wildman–Crippen MR) is 125 cm³/mol. The van der Waals surface area contributed by atoms with Crippen LogP contribution in [0.5, 0.6) is 5.75 Å². The van der Waals surface area contributed by atoms with Gasteiger partial charge in [-0.2, -0.15) is 0 Å². The highest BCUT2D eigenvalue weighted by molar-refractivity contribution is 7.10. The number of carbonyl (C=O) groups is 2. The molecule has 0 saturated carbocycles. The van der Waals surface area contributed by atoms with E-state index in [0.29, 0.717) is 12.2 Å². The Hall–Kier alpha value is -3.38. The molecule has 0 fully saturated rings. The van der Waals surface area contributed by atoms with Gasteiger partial charge in [-0.15, -0.1) is 11.3 Å². The van der Waals surface area contributed by atoms with Crippen molar-refractivity contribution in [1.29, 1.82) is 0 Å². The van der Waals surface area contributed by atoms with Crippen molar-refractivity contribution in [3.63, 3.8) is 0 Å². The van der Waals surface area contributed by atoms with Crippen molar-refractivity contribution < 1.29 is 14.3 Å². The highest BCUT2D eigenvalue weighted by Crippen LogP contribution is 2.14. The number of thiophene rings is 1. The average Bonchev–Trinajstić information content (AvgIpc) is 3.26. The third-order valence-electron chi connectivity index (χ3n) is 4.53. The summed E-state index contributed by atoms with van der Waals surface area (Å²) in [7, 11) is 0. The van der Waals surface area contributed by atoms with E-state index >= 15 is 0 Å². The molecule has 0 aliphatic carbocycles. The molecular weight excluding hydrogens is 408 g/mol. The fourth-order valence-electron chi connectivity index (χ4n) is 2.77. The Bertz CT molecular complexity index is 1040. The summed E-state index contributed by atoms with van der Waals surface area (Å²) in [6.07, 6.45) is 1.68. The van der Waals surface area contributed by atoms with Crippen LogP contribution in [0.4, 0.5) is 0 Å². The van der Waals surface area contributed by atoms with Crippen LogP contribution in [0.15, 0.2) is 71.7 Å². The molecule has 2 aromatic carbocycles. The minimum Gasteiger partial charge on any atom is -0.491 e. The van der Waals surface area contributed by atoms with Crippen LogP contribution in [0.1, 0.15) is 33.3 Å². The van der Waals surface area contributed by atoms with Crippen LogP contribution in [-0.2, 0) is 4.79 Å². The van der Waals surface area contributed by atoms with Gasteiger partial charge in [0.25, 0.3) is 11.8 Å². The van der Waals surface area contributed by atoms with Crippen molar-refractivity contribution >= 4 is 29.2 Å². The lowest BCUT2D eigenvalue weighted by Gasteiger charge is -2.17. The molecule has 5 nitrogen and oxygen atoms in total. The molecule has 0 radical (unpaired) electrons. The quantitative estimate of drug-likeness (QED) is 0.504. The zero-order chi connectivity index (χ0) is 22.2. The lowest BCUT2D eigenvalue weighted by Crippen LogP contribution is -2.41. The van der Waals surface area contributed by atoms with E-state index in [1.165, 1.54) is 11.3 Å². The first-order valence-electron chi connectivity index (χ1n) is 10.0. The Morgan fingerprint density at radius 1 is 1.00 bits per heavy atom. The normalized spacial score (nSPS) is 12.2. The molecule has 0 aliphatic rings. The number of benzene rings is 2. The largest absolute Gasteiger partial charge is 0.491 e. The summed E-state index contributed by atoms with van der Waals surface area (Å²) < 4.78 is 5.75. The van der Waals surface area contributed by atoms with E-state index in [9.17, 15) is 9.59 Å². The van der Waals surface area contributed by atoms with Gasteiger partial charge in [0.2, 0.25) is 0 Å². The number of aryl methyl sites for hydroxylation is 2. The molecule has 0 saturated heterocycles. The molecule has 1 aromatic heterocycles. The summed E-state index contributed by atoms with van der Waals surface area (Å²) in [6.45, 7) is 6.14. The molecule has 3 aromatic rings. The first kappa shape index (κ1) is 22.3.